The lowest BCUT2D eigenvalue weighted by Crippen LogP contribution is -2.19. The van der Waals surface area contributed by atoms with E-state index in [9.17, 15) is 0 Å². The first-order chi connectivity index (χ1) is 5.91. The molecule has 0 fully saturated rings. The van der Waals surface area contributed by atoms with Gasteiger partial charge >= 0.3 is 0 Å². The van der Waals surface area contributed by atoms with Gasteiger partial charge in [0.2, 0.25) is 0 Å². The van der Waals surface area contributed by atoms with E-state index >= 15 is 0 Å². The molecule has 0 radical (unpaired) electrons. The van der Waals surface area contributed by atoms with E-state index in [0.29, 0.717) is 0 Å². The summed E-state index contributed by atoms with van der Waals surface area (Å²) in [5.74, 6) is 2.78. The first kappa shape index (κ1) is 13.5. The van der Waals surface area contributed by atoms with Crippen LogP contribution in [0, 0.1) is 17.8 Å². The van der Waals surface area contributed by atoms with Gasteiger partial charge in [0.05, 0.1) is 0 Å². The molecule has 0 unspecified atom stereocenters. The summed E-state index contributed by atoms with van der Waals surface area (Å²) in [6, 6.07) is 0. The number of rotatable bonds is 6. The molecule has 0 bridgehead atoms. The molecule has 0 amide bonds. The van der Waals surface area contributed by atoms with Crippen LogP contribution in [-0.4, -0.2) is 14.1 Å². The summed E-state index contributed by atoms with van der Waals surface area (Å²) >= 11 is -0.407. The molecule has 0 aliphatic carbocycles. The Balaban J connectivity index is 3.87. The lowest BCUT2D eigenvalue weighted by Gasteiger charge is -2.17. The molecule has 0 spiro atoms. The second-order valence-electron chi connectivity index (χ2n) is 5.75. The van der Waals surface area contributed by atoms with Crippen LogP contribution in [0.15, 0.2) is 0 Å². The normalized spacial score (nSPS) is 11.8. The molecule has 0 saturated carbocycles. The van der Waals surface area contributed by atoms with E-state index in [4.69, 9.17) is 0 Å². The van der Waals surface area contributed by atoms with Crippen molar-refractivity contribution in [1.82, 2.24) is 0 Å². The van der Waals surface area contributed by atoms with Gasteiger partial charge in [-0.1, -0.05) is 75.1 Å². The van der Waals surface area contributed by atoms with E-state index in [2.05, 4.69) is 41.5 Å². The highest BCUT2D eigenvalue weighted by Crippen LogP contribution is 2.20. The van der Waals surface area contributed by atoms with Crippen molar-refractivity contribution in [2.75, 3.05) is 0 Å². The molecule has 1 heteroatoms. The fourth-order valence-electron chi connectivity index (χ4n) is 2.29. The average Bonchev–Trinajstić information content (AvgIpc) is 1.80. The molecular formula is C12H27Al. The summed E-state index contributed by atoms with van der Waals surface area (Å²) < 4.78 is 0. The molecule has 0 saturated heterocycles. The van der Waals surface area contributed by atoms with E-state index in [-0.39, 0.29) is 0 Å². The van der Waals surface area contributed by atoms with Crippen molar-refractivity contribution in [1.29, 1.82) is 0 Å². The Morgan fingerprint density at radius 3 is 1.00 bits per heavy atom. The van der Waals surface area contributed by atoms with Gasteiger partial charge in [0, 0.05) is 0 Å². The Morgan fingerprint density at radius 2 is 0.846 bits per heavy atom. The molecule has 0 N–H and O–H groups in total. The molecule has 0 aromatic carbocycles. The van der Waals surface area contributed by atoms with Crippen LogP contribution in [0.2, 0.25) is 15.8 Å². The SMILES string of the molecule is CC(C)[CH2][12Al]([CH2]C(C)C)[CH2]C(C)C. The first-order valence-electron chi connectivity index (χ1n) is 5.91. The number of hydrogen-bond donors (Lipinski definition) is 0. The van der Waals surface area contributed by atoms with Crippen LogP contribution in [0.3, 0.4) is 0 Å². The van der Waals surface area contributed by atoms with Crippen molar-refractivity contribution in [2.45, 2.75) is 57.4 Å². The average molecular weight is 183 g/mol. The summed E-state index contributed by atoms with van der Waals surface area (Å²) in [6.45, 7) is 14.3. The van der Waals surface area contributed by atoms with Gasteiger partial charge in [-0.3, -0.25) is 0 Å². The minimum absolute atomic E-state index is 0.407. The standard InChI is InChI=1S/3C4H9.Al/c3*1-4(2)3;/h3*4H,1H2,2-3H3;/i;;;1-15. The largest absolute Gasteiger partial charge is 0.262 e. The molecule has 13 heavy (non-hydrogen) atoms. The van der Waals surface area contributed by atoms with Crippen LogP contribution < -0.4 is 0 Å². The van der Waals surface area contributed by atoms with Crippen molar-refractivity contribution >= 4 is 14.1 Å². The van der Waals surface area contributed by atoms with Crippen molar-refractivity contribution in [3.8, 4) is 0 Å². The second kappa shape index (κ2) is 6.91. The maximum absolute atomic E-state index is 2.38. The predicted octanol–water partition coefficient (Wildman–Crippen LogP) is 4.45. The van der Waals surface area contributed by atoms with Gasteiger partial charge in [-0.25, -0.2) is 0 Å². The molecule has 0 atom stereocenters. The fraction of sp³-hybridized carbons (Fsp3) is 1.00. The topological polar surface area (TPSA) is 0 Å². The highest BCUT2D eigenvalue weighted by Gasteiger charge is 2.20. The molecule has 0 rings (SSSR count). The summed E-state index contributed by atoms with van der Waals surface area (Å²) in [6.07, 6.45) is 0. The van der Waals surface area contributed by atoms with Crippen LogP contribution >= 0.6 is 0 Å². The minimum Gasteiger partial charge on any atom is -0.0915 e. The van der Waals surface area contributed by atoms with Crippen LogP contribution in [0.5, 0.6) is 0 Å². The lowest BCUT2D eigenvalue weighted by molar-refractivity contribution is 0.659. The van der Waals surface area contributed by atoms with E-state index < -0.39 is 14.1 Å². The zero-order valence-corrected chi connectivity index (χ0v) is 11.6. The highest BCUT2D eigenvalue weighted by atomic mass is 14.2. The molecule has 0 aliphatic heterocycles. The van der Waals surface area contributed by atoms with Crippen molar-refractivity contribution in [3.63, 3.8) is 0 Å². The Labute approximate surface area is 89.5 Å². The third-order valence-corrected chi connectivity index (χ3v) is 7.24. The fourth-order valence-corrected chi connectivity index (χ4v) is 6.87. The van der Waals surface area contributed by atoms with Crippen LogP contribution in [0.1, 0.15) is 41.5 Å². The lowest BCUT2D eigenvalue weighted by atomic mass is 9.83. The maximum Gasteiger partial charge on any atom is 0.262 e. The van der Waals surface area contributed by atoms with Crippen LogP contribution in [0.25, 0.3) is 0 Å². The highest BCUT2D eigenvalue weighted by molar-refractivity contribution is 6.58. The monoisotopic (exact) mass is 183 g/mol. The molecule has 0 aromatic rings. The van der Waals surface area contributed by atoms with E-state index in [0.717, 1.165) is 17.8 Å². The minimum atomic E-state index is -0.407. The van der Waals surface area contributed by atoms with Crippen LogP contribution in [0.4, 0.5) is 0 Å². The Morgan fingerprint density at radius 1 is 0.615 bits per heavy atom. The maximum atomic E-state index is 2.38. The van der Waals surface area contributed by atoms with Crippen LogP contribution in [-0.2, 0) is 0 Å². The van der Waals surface area contributed by atoms with Gasteiger partial charge in [0.1, 0.15) is 0 Å². The molecule has 0 nitrogen and oxygen atoms in total. The van der Waals surface area contributed by atoms with E-state index in [1.54, 1.807) is 15.8 Å². The molecular weight excluding hydrogens is 156 g/mol. The molecule has 78 valence electrons. The molecule has 0 aromatic heterocycles. The summed E-state index contributed by atoms with van der Waals surface area (Å²) in [5.41, 5.74) is 0. The van der Waals surface area contributed by atoms with Gasteiger partial charge in [0.15, 0.2) is 0 Å². The second-order valence-corrected chi connectivity index (χ2v) is 8.90. The van der Waals surface area contributed by atoms with Crippen molar-refractivity contribution in [3.05, 3.63) is 0 Å². The third kappa shape index (κ3) is 8.85. The molecule has 0 aliphatic rings. The van der Waals surface area contributed by atoms with E-state index in [1.807, 2.05) is 0 Å². The Bertz CT molecular complexity index is 92.5. The smallest absolute Gasteiger partial charge is 0.0915 e. The van der Waals surface area contributed by atoms with Gasteiger partial charge < -0.3 is 0 Å². The predicted molar refractivity (Wildman–Crippen MR) is 64.7 cm³/mol. The Hall–Kier alpha value is 0.532. The van der Waals surface area contributed by atoms with Gasteiger partial charge in [0.25, 0.3) is 14.1 Å². The van der Waals surface area contributed by atoms with Gasteiger partial charge in [-0.2, -0.15) is 0 Å². The van der Waals surface area contributed by atoms with E-state index in [1.165, 1.54) is 0 Å². The molecule has 0 heterocycles. The Kier molecular flexibility index (Phi) is 7.19. The summed E-state index contributed by atoms with van der Waals surface area (Å²) in [4.78, 5) is 0. The van der Waals surface area contributed by atoms with Gasteiger partial charge in [-0.05, 0) is 0 Å². The van der Waals surface area contributed by atoms with Crippen molar-refractivity contribution in [2.24, 2.45) is 17.8 Å². The van der Waals surface area contributed by atoms with Crippen molar-refractivity contribution < 1.29 is 0 Å². The first-order valence-corrected chi connectivity index (χ1v) is 8.36. The summed E-state index contributed by atoms with van der Waals surface area (Å²) in [7, 11) is 0. The summed E-state index contributed by atoms with van der Waals surface area (Å²) in [5, 5.41) is 4.66. The number of hydrogen-bond acceptors (Lipinski definition) is 0. The zero-order valence-electron chi connectivity index (χ0n) is 10.4. The third-order valence-electron chi connectivity index (χ3n) is 2.41. The zero-order chi connectivity index (χ0) is 10.4. The quantitative estimate of drug-likeness (QED) is 0.534. The van der Waals surface area contributed by atoms with Gasteiger partial charge in [-0.15, -0.1) is 0 Å².